The SMILES string of the molecule is O=C(Nc1cc(Cl)c(O)c(Cl)c1)OCCS(=O)(=O)CS(=O)(=O)CCOC(=O)Nc1cc(Cl)c(O)c(Cl)c1. The number of carbonyl (C=O) groups excluding carboxylic acids is 2. The van der Waals surface area contributed by atoms with Crippen LogP contribution in [0.3, 0.4) is 0 Å². The van der Waals surface area contributed by atoms with Crippen LogP contribution in [0.15, 0.2) is 24.3 Å². The number of benzene rings is 2. The zero-order valence-corrected chi connectivity index (χ0v) is 23.0. The number of hydrogen-bond donors (Lipinski definition) is 4. The first-order valence-corrected chi connectivity index (χ1v) is 14.9. The minimum absolute atomic E-state index is 0.0591. The van der Waals surface area contributed by atoms with E-state index in [2.05, 4.69) is 10.6 Å². The number of hydrogen-bond acceptors (Lipinski definition) is 10. The van der Waals surface area contributed by atoms with Crippen LogP contribution in [0.4, 0.5) is 21.0 Å². The standard InChI is InChI=1S/C19H18Cl4N2O10S2/c20-12-5-10(6-13(21)16(12)26)24-18(28)34-1-3-36(30,31)9-37(32,33)4-2-35-19(29)25-11-7-14(22)17(27)15(23)8-11/h5-8,26-27H,1-4,9H2,(H,24,28)(H,25,29). The van der Waals surface area contributed by atoms with Gasteiger partial charge >= 0.3 is 12.2 Å². The van der Waals surface area contributed by atoms with Gasteiger partial charge in [0, 0.05) is 11.4 Å². The second-order valence-electron chi connectivity index (χ2n) is 7.11. The topological polar surface area (TPSA) is 185 Å². The minimum atomic E-state index is -4.22. The molecule has 0 aromatic heterocycles. The zero-order chi connectivity index (χ0) is 28.0. The lowest BCUT2D eigenvalue weighted by molar-refractivity contribution is 0.167. The second-order valence-corrected chi connectivity index (χ2v) is 13.5. The fourth-order valence-corrected chi connectivity index (χ4v) is 7.28. The first kappa shape index (κ1) is 30.9. The molecule has 18 heteroatoms. The van der Waals surface area contributed by atoms with Gasteiger partial charge in [0.15, 0.2) is 36.3 Å². The molecule has 204 valence electrons. The molecule has 0 heterocycles. The molecule has 2 rings (SSSR count). The molecule has 0 atom stereocenters. The monoisotopic (exact) mass is 638 g/mol. The highest BCUT2D eigenvalue weighted by Gasteiger charge is 2.23. The summed E-state index contributed by atoms with van der Waals surface area (Å²) in [6, 6.07) is 4.69. The van der Waals surface area contributed by atoms with E-state index in [0.717, 1.165) is 0 Å². The fraction of sp³-hybridized carbons (Fsp3) is 0.263. The molecule has 12 nitrogen and oxygen atoms in total. The Bertz CT molecular complexity index is 1250. The van der Waals surface area contributed by atoms with Gasteiger partial charge < -0.3 is 19.7 Å². The number of carbonyl (C=O) groups is 2. The van der Waals surface area contributed by atoms with Gasteiger partial charge in [0.2, 0.25) is 0 Å². The van der Waals surface area contributed by atoms with Crippen LogP contribution in [0.5, 0.6) is 11.5 Å². The summed E-state index contributed by atoms with van der Waals surface area (Å²) in [5, 5.41) is 21.5. The van der Waals surface area contributed by atoms with Crippen LogP contribution >= 0.6 is 46.4 Å². The van der Waals surface area contributed by atoms with Crippen LogP contribution < -0.4 is 10.6 Å². The van der Waals surface area contributed by atoms with Gasteiger partial charge in [-0.15, -0.1) is 0 Å². The average molecular weight is 640 g/mol. The number of sulfone groups is 2. The van der Waals surface area contributed by atoms with E-state index < -0.39 is 73.2 Å². The van der Waals surface area contributed by atoms with E-state index in [0.29, 0.717) is 0 Å². The van der Waals surface area contributed by atoms with Crippen molar-refractivity contribution >= 4 is 89.6 Å². The van der Waals surface area contributed by atoms with E-state index in [1.165, 1.54) is 24.3 Å². The highest BCUT2D eigenvalue weighted by atomic mass is 35.5. The van der Waals surface area contributed by atoms with Crippen molar-refractivity contribution in [2.75, 3.05) is 40.4 Å². The number of aromatic hydroxyl groups is 2. The van der Waals surface area contributed by atoms with Crippen molar-refractivity contribution in [3.63, 3.8) is 0 Å². The van der Waals surface area contributed by atoms with E-state index >= 15 is 0 Å². The van der Waals surface area contributed by atoms with Gasteiger partial charge in [0.05, 0.1) is 31.6 Å². The van der Waals surface area contributed by atoms with Crippen molar-refractivity contribution in [1.82, 2.24) is 0 Å². The molecule has 2 aromatic rings. The van der Waals surface area contributed by atoms with Gasteiger partial charge in [-0.2, -0.15) is 0 Å². The van der Waals surface area contributed by atoms with Crippen molar-refractivity contribution in [3.05, 3.63) is 44.4 Å². The van der Waals surface area contributed by atoms with Gasteiger partial charge in [-0.1, -0.05) is 46.4 Å². The Hall–Kier alpha value is -2.36. The summed E-state index contributed by atoms with van der Waals surface area (Å²) < 4.78 is 57.9. The van der Waals surface area contributed by atoms with Gasteiger partial charge in [0.1, 0.15) is 13.2 Å². The van der Waals surface area contributed by atoms with Crippen molar-refractivity contribution in [3.8, 4) is 11.5 Å². The lowest BCUT2D eigenvalue weighted by Gasteiger charge is -2.10. The molecule has 2 amide bonds. The van der Waals surface area contributed by atoms with Crippen molar-refractivity contribution in [2.45, 2.75) is 0 Å². The third-order valence-electron chi connectivity index (χ3n) is 4.14. The first-order chi connectivity index (χ1) is 17.1. The Balaban J connectivity index is 1.77. The number of ether oxygens (including phenoxy) is 2. The van der Waals surface area contributed by atoms with Crippen molar-refractivity contribution in [2.24, 2.45) is 0 Å². The van der Waals surface area contributed by atoms with E-state index in [9.17, 15) is 36.6 Å². The Labute approximate surface area is 231 Å². The van der Waals surface area contributed by atoms with Gasteiger partial charge in [-0.05, 0) is 24.3 Å². The van der Waals surface area contributed by atoms with Crippen LogP contribution in [-0.2, 0) is 29.1 Å². The maximum Gasteiger partial charge on any atom is 0.411 e. The van der Waals surface area contributed by atoms with Crippen LogP contribution in [0, 0.1) is 0 Å². The third kappa shape index (κ3) is 10.1. The van der Waals surface area contributed by atoms with Gasteiger partial charge in [0.25, 0.3) is 0 Å². The summed E-state index contributed by atoms with van der Waals surface area (Å²) in [5.74, 6) is -2.40. The highest BCUT2D eigenvalue weighted by Crippen LogP contribution is 2.35. The Morgan fingerprint density at radius 2 is 0.973 bits per heavy atom. The molecule has 0 aliphatic heterocycles. The summed E-state index contributed by atoms with van der Waals surface area (Å²) in [6.45, 7) is -1.33. The van der Waals surface area contributed by atoms with Crippen LogP contribution in [0.25, 0.3) is 0 Å². The summed E-state index contributed by atoms with van der Waals surface area (Å²) >= 11 is 22.9. The van der Waals surface area contributed by atoms with Crippen molar-refractivity contribution < 1.29 is 46.1 Å². The first-order valence-electron chi connectivity index (χ1n) is 9.73. The Morgan fingerprint density at radius 1 is 0.676 bits per heavy atom. The number of anilines is 2. The molecule has 0 fully saturated rings. The Morgan fingerprint density at radius 3 is 1.27 bits per heavy atom. The van der Waals surface area contributed by atoms with E-state index in [1.807, 2.05) is 0 Å². The molecule has 37 heavy (non-hydrogen) atoms. The molecule has 0 aliphatic carbocycles. The summed E-state index contributed by atoms with van der Waals surface area (Å²) in [7, 11) is -8.43. The molecule has 0 saturated heterocycles. The van der Waals surface area contributed by atoms with Gasteiger partial charge in [-0.3, -0.25) is 10.6 Å². The fourth-order valence-electron chi connectivity index (χ4n) is 2.50. The molecular formula is C19H18Cl4N2O10S2. The van der Waals surface area contributed by atoms with Crippen LogP contribution in [0.2, 0.25) is 20.1 Å². The number of halogens is 4. The van der Waals surface area contributed by atoms with Crippen LogP contribution in [-0.4, -0.2) is 69.0 Å². The minimum Gasteiger partial charge on any atom is -0.505 e. The molecule has 0 saturated carbocycles. The Kier molecular flexibility index (Phi) is 10.8. The normalized spacial score (nSPS) is 11.6. The summed E-state index contributed by atoms with van der Waals surface area (Å²) in [6.07, 6.45) is -2.15. The molecule has 0 unspecified atom stereocenters. The quantitative estimate of drug-likeness (QED) is 0.273. The summed E-state index contributed by atoms with van der Waals surface area (Å²) in [4.78, 5) is 23.6. The highest BCUT2D eigenvalue weighted by molar-refractivity contribution is 8.08. The molecule has 0 aliphatic rings. The maximum absolute atomic E-state index is 12.1. The van der Waals surface area contributed by atoms with E-state index in [-0.39, 0.29) is 31.5 Å². The molecule has 0 bridgehead atoms. The predicted octanol–water partition coefficient (Wildman–Crippen LogP) is 4.30. The zero-order valence-electron chi connectivity index (χ0n) is 18.3. The second kappa shape index (κ2) is 12.9. The van der Waals surface area contributed by atoms with E-state index in [4.69, 9.17) is 55.9 Å². The number of phenolic OH excluding ortho intramolecular Hbond substituents is 2. The largest absolute Gasteiger partial charge is 0.505 e. The van der Waals surface area contributed by atoms with Crippen LogP contribution in [0.1, 0.15) is 0 Å². The lowest BCUT2D eigenvalue weighted by Crippen LogP contribution is -2.27. The molecule has 2 aromatic carbocycles. The lowest BCUT2D eigenvalue weighted by atomic mass is 10.3. The van der Waals surface area contributed by atoms with Gasteiger partial charge in [-0.25, -0.2) is 26.4 Å². The maximum atomic E-state index is 12.1. The molecule has 0 radical (unpaired) electrons. The summed E-state index contributed by atoms with van der Waals surface area (Å²) in [5.41, 5.74) is 0.118. The number of nitrogens with one attached hydrogen (secondary N) is 2. The predicted molar refractivity (Wildman–Crippen MR) is 139 cm³/mol. The molecular weight excluding hydrogens is 622 g/mol. The number of rotatable bonds is 10. The third-order valence-corrected chi connectivity index (χ3v) is 9.74. The number of amides is 2. The number of phenols is 2. The smallest absolute Gasteiger partial charge is 0.411 e. The molecule has 0 spiro atoms. The van der Waals surface area contributed by atoms with Crippen molar-refractivity contribution in [1.29, 1.82) is 0 Å². The molecule has 4 N–H and O–H groups in total. The van der Waals surface area contributed by atoms with E-state index in [1.54, 1.807) is 0 Å². The average Bonchev–Trinajstić information content (AvgIpc) is 2.74.